The molecule has 1 N–H and O–H groups in total. The molecule has 3 amide bonds. The molecule has 0 bridgehead atoms. The van der Waals surface area contributed by atoms with Crippen LogP contribution in [0.2, 0.25) is 0 Å². The molecule has 1 aromatic rings. The number of hydrogen-bond donors (Lipinski definition) is 1. The first-order valence-corrected chi connectivity index (χ1v) is 7.36. The molecule has 24 heavy (non-hydrogen) atoms. The van der Waals surface area contributed by atoms with E-state index in [0.717, 1.165) is 5.56 Å². The van der Waals surface area contributed by atoms with Crippen LogP contribution < -0.4 is 5.32 Å². The zero-order chi connectivity index (χ0) is 17.7. The molecule has 0 unspecified atom stereocenters. The number of hydroxylamine groups is 2. The van der Waals surface area contributed by atoms with E-state index in [0.29, 0.717) is 5.06 Å². The Hall–Kier alpha value is -2.90. The van der Waals surface area contributed by atoms with Crippen LogP contribution >= 0.6 is 0 Å². The summed E-state index contributed by atoms with van der Waals surface area (Å²) in [5.74, 6) is -2.12. The van der Waals surface area contributed by atoms with E-state index in [-0.39, 0.29) is 19.4 Å². The van der Waals surface area contributed by atoms with Crippen LogP contribution in [0.1, 0.15) is 32.3 Å². The summed E-state index contributed by atoms with van der Waals surface area (Å²) in [5.41, 5.74) is -0.682. The molecule has 8 heteroatoms. The van der Waals surface area contributed by atoms with Gasteiger partial charge in [0, 0.05) is 12.8 Å². The molecule has 0 aromatic heterocycles. The Balaban J connectivity index is 1.87. The Morgan fingerprint density at radius 3 is 2.29 bits per heavy atom. The molecule has 2 rings (SSSR count). The Bertz CT molecular complexity index is 640. The third-order valence-electron chi connectivity index (χ3n) is 3.32. The summed E-state index contributed by atoms with van der Waals surface area (Å²) < 4.78 is 5.02. The van der Waals surface area contributed by atoms with Crippen LogP contribution in [0.25, 0.3) is 0 Å². The number of alkyl carbamates (subject to hydrolysis) is 1. The molecule has 128 valence electrons. The number of nitrogens with one attached hydrogen (secondary N) is 1. The SMILES string of the molecule is CC(C)(NC(=O)OCc1ccccc1)C(=O)ON1C(=O)CCC1=O. The highest BCUT2D eigenvalue weighted by Crippen LogP contribution is 2.15. The van der Waals surface area contributed by atoms with Crippen molar-refractivity contribution in [2.75, 3.05) is 0 Å². The minimum Gasteiger partial charge on any atom is -0.445 e. The fraction of sp³-hybridized carbons (Fsp3) is 0.375. The summed E-state index contributed by atoms with van der Waals surface area (Å²) in [4.78, 5) is 51.6. The number of benzene rings is 1. The summed E-state index contributed by atoms with van der Waals surface area (Å²) in [6.07, 6.45) is -0.821. The zero-order valence-electron chi connectivity index (χ0n) is 13.4. The minimum atomic E-state index is -1.48. The third kappa shape index (κ3) is 4.31. The van der Waals surface area contributed by atoms with Crippen molar-refractivity contribution < 1.29 is 28.8 Å². The lowest BCUT2D eigenvalue weighted by molar-refractivity contribution is -0.201. The molecule has 0 saturated carbocycles. The van der Waals surface area contributed by atoms with Gasteiger partial charge in [-0.3, -0.25) is 9.59 Å². The number of amides is 3. The summed E-state index contributed by atoms with van der Waals surface area (Å²) >= 11 is 0. The van der Waals surface area contributed by atoms with Crippen LogP contribution in [0.4, 0.5) is 4.79 Å². The van der Waals surface area contributed by atoms with Gasteiger partial charge in [0.25, 0.3) is 11.8 Å². The van der Waals surface area contributed by atoms with Crippen molar-refractivity contribution in [3.05, 3.63) is 35.9 Å². The van der Waals surface area contributed by atoms with Crippen molar-refractivity contribution in [3.8, 4) is 0 Å². The van der Waals surface area contributed by atoms with Crippen LogP contribution in [-0.2, 0) is 30.6 Å². The maximum Gasteiger partial charge on any atom is 0.408 e. The van der Waals surface area contributed by atoms with Crippen LogP contribution in [-0.4, -0.2) is 34.5 Å². The van der Waals surface area contributed by atoms with Gasteiger partial charge in [0.2, 0.25) is 0 Å². The van der Waals surface area contributed by atoms with Crippen molar-refractivity contribution in [2.45, 2.75) is 38.8 Å². The maximum absolute atomic E-state index is 12.1. The van der Waals surface area contributed by atoms with E-state index < -0.39 is 29.4 Å². The van der Waals surface area contributed by atoms with E-state index in [1.54, 1.807) is 12.1 Å². The first kappa shape index (κ1) is 17.5. The van der Waals surface area contributed by atoms with E-state index in [1.807, 2.05) is 18.2 Å². The molecule has 1 saturated heterocycles. The van der Waals surface area contributed by atoms with Gasteiger partial charge in [-0.25, -0.2) is 9.59 Å². The molecule has 1 aromatic carbocycles. The van der Waals surface area contributed by atoms with Crippen molar-refractivity contribution in [1.29, 1.82) is 0 Å². The average Bonchev–Trinajstić information content (AvgIpc) is 2.85. The second-order valence-corrected chi connectivity index (χ2v) is 5.77. The van der Waals surface area contributed by atoms with Gasteiger partial charge in [-0.1, -0.05) is 30.3 Å². The van der Waals surface area contributed by atoms with Crippen molar-refractivity contribution in [2.24, 2.45) is 0 Å². The highest BCUT2D eigenvalue weighted by molar-refractivity contribution is 6.02. The summed E-state index contributed by atoms with van der Waals surface area (Å²) in [6, 6.07) is 9.03. The first-order chi connectivity index (χ1) is 11.3. The first-order valence-electron chi connectivity index (χ1n) is 7.36. The van der Waals surface area contributed by atoms with Crippen LogP contribution in [0.15, 0.2) is 30.3 Å². The van der Waals surface area contributed by atoms with E-state index in [2.05, 4.69) is 5.32 Å². The number of nitrogens with zero attached hydrogens (tertiary/aromatic N) is 1. The number of imide groups is 1. The molecule has 0 aliphatic carbocycles. The van der Waals surface area contributed by atoms with Crippen LogP contribution in [0.3, 0.4) is 0 Å². The van der Waals surface area contributed by atoms with Gasteiger partial charge in [-0.15, -0.1) is 5.06 Å². The van der Waals surface area contributed by atoms with Gasteiger partial charge in [-0.05, 0) is 19.4 Å². The lowest BCUT2D eigenvalue weighted by Crippen LogP contribution is -2.52. The van der Waals surface area contributed by atoms with Gasteiger partial charge >= 0.3 is 12.1 Å². The molecule has 8 nitrogen and oxygen atoms in total. The summed E-state index contributed by atoms with van der Waals surface area (Å²) in [6.45, 7) is 2.80. The molecule has 1 aliphatic heterocycles. The molecular weight excluding hydrogens is 316 g/mol. The molecule has 0 atom stereocenters. The number of carbonyl (C=O) groups excluding carboxylic acids is 4. The summed E-state index contributed by atoms with van der Waals surface area (Å²) in [7, 11) is 0. The number of ether oxygens (including phenoxy) is 1. The Morgan fingerprint density at radius 1 is 1.12 bits per heavy atom. The second kappa shape index (κ2) is 7.12. The van der Waals surface area contributed by atoms with Gasteiger partial charge in [-0.2, -0.15) is 0 Å². The minimum absolute atomic E-state index is 0.000905. The maximum atomic E-state index is 12.1. The lowest BCUT2D eigenvalue weighted by Gasteiger charge is -2.25. The summed E-state index contributed by atoms with van der Waals surface area (Å²) in [5, 5.41) is 2.78. The fourth-order valence-electron chi connectivity index (χ4n) is 1.92. The van der Waals surface area contributed by atoms with E-state index in [4.69, 9.17) is 9.57 Å². The topological polar surface area (TPSA) is 102 Å². The molecule has 1 heterocycles. The third-order valence-corrected chi connectivity index (χ3v) is 3.32. The van der Waals surface area contributed by atoms with Crippen molar-refractivity contribution in [1.82, 2.24) is 10.4 Å². The standard InChI is InChI=1S/C16H18N2O6/c1-16(2,14(21)24-18-12(19)8-9-13(18)20)17-15(22)23-10-11-6-4-3-5-7-11/h3-7H,8-10H2,1-2H3,(H,17,22). The fourth-order valence-corrected chi connectivity index (χ4v) is 1.92. The quantitative estimate of drug-likeness (QED) is 0.814. The molecule has 1 aliphatic rings. The predicted octanol–water partition coefficient (Wildman–Crippen LogP) is 1.30. The Kier molecular flexibility index (Phi) is 5.18. The lowest BCUT2D eigenvalue weighted by atomic mass is 10.1. The van der Waals surface area contributed by atoms with Gasteiger partial charge in [0.1, 0.15) is 12.1 Å². The van der Waals surface area contributed by atoms with Gasteiger partial charge in [0.05, 0.1) is 0 Å². The predicted molar refractivity (Wildman–Crippen MR) is 81.0 cm³/mol. The molecule has 0 radical (unpaired) electrons. The highest BCUT2D eigenvalue weighted by Gasteiger charge is 2.39. The molecular formula is C16H18N2O6. The van der Waals surface area contributed by atoms with Gasteiger partial charge < -0.3 is 14.9 Å². The van der Waals surface area contributed by atoms with E-state index >= 15 is 0 Å². The van der Waals surface area contributed by atoms with Gasteiger partial charge in [0.15, 0.2) is 0 Å². The highest BCUT2D eigenvalue weighted by atomic mass is 16.7. The average molecular weight is 334 g/mol. The van der Waals surface area contributed by atoms with Crippen molar-refractivity contribution >= 4 is 23.9 Å². The monoisotopic (exact) mass is 334 g/mol. The molecule has 0 spiro atoms. The molecule has 1 fully saturated rings. The Labute approximate surface area is 138 Å². The normalized spacial score (nSPS) is 14.5. The zero-order valence-corrected chi connectivity index (χ0v) is 13.4. The number of rotatable bonds is 5. The van der Waals surface area contributed by atoms with Crippen molar-refractivity contribution in [3.63, 3.8) is 0 Å². The Morgan fingerprint density at radius 2 is 1.71 bits per heavy atom. The number of hydrogen-bond acceptors (Lipinski definition) is 6. The smallest absolute Gasteiger partial charge is 0.408 e. The van der Waals surface area contributed by atoms with Crippen LogP contribution in [0.5, 0.6) is 0 Å². The van der Waals surface area contributed by atoms with E-state index in [1.165, 1.54) is 13.8 Å². The second-order valence-electron chi connectivity index (χ2n) is 5.77. The van der Waals surface area contributed by atoms with Crippen LogP contribution in [0, 0.1) is 0 Å². The largest absolute Gasteiger partial charge is 0.445 e. The number of carbonyl (C=O) groups is 4. The van der Waals surface area contributed by atoms with E-state index in [9.17, 15) is 19.2 Å².